The summed E-state index contributed by atoms with van der Waals surface area (Å²) in [5, 5.41) is 3.13. The molecule has 0 aromatic heterocycles. The van der Waals surface area contributed by atoms with Crippen LogP contribution >= 0.6 is 11.6 Å². The molecule has 1 nitrogen and oxygen atoms in total. The average molecular weight is 148 g/mol. The average Bonchev–Trinajstić information content (AvgIpc) is 2.19. The molecule has 9 heavy (non-hydrogen) atoms. The van der Waals surface area contributed by atoms with E-state index in [0.717, 1.165) is 6.54 Å². The Hall–Kier alpha value is 0.250. The maximum Gasteiger partial charge on any atom is 0.0491 e. The lowest BCUT2D eigenvalue weighted by Crippen LogP contribution is -2.13. The Bertz CT molecular complexity index is 111. The van der Waals surface area contributed by atoms with E-state index in [0.29, 0.717) is 11.8 Å². The highest BCUT2D eigenvalue weighted by Crippen LogP contribution is 2.54. The third-order valence-corrected chi connectivity index (χ3v) is 3.16. The van der Waals surface area contributed by atoms with E-state index >= 15 is 0 Å². The van der Waals surface area contributed by atoms with Gasteiger partial charge in [-0.2, -0.15) is 0 Å². The second-order valence-corrected chi connectivity index (χ2v) is 3.92. The van der Waals surface area contributed by atoms with Crippen LogP contribution in [0.2, 0.25) is 0 Å². The van der Waals surface area contributed by atoms with E-state index in [9.17, 15) is 0 Å². The molecular weight excluding hydrogens is 134 g/mol. The molecule has 0 spiro atoms. The van der Waals surface area contributed by atoms with Crippen LogP contribution in [0.1, 0.15) is 13.8 Å². The molecular formula is C7H14ClN. The Kier molecular flexibility index (Phi) is 1.75. The number of nitrogens with one attached hydrogen (secondary N) is 1. The molecule has 0 heterocycles. The van der Waals surface area contributed by atoms with E-state index in [-0.39, 0.29) is 4.87 Å². The first-order valence-corrected chi connectivity index (χ1v) is 3.82. The summed E-state index contributed by atoms with van der Waals surface area (Å²) in [7, 11) is 1.97. The van der Waals surface area contributed by atoms with Crippen LogP contribution in [-0.4, -0.2) is 18.5 Å². The molecule has 0 aromatic carbocycles. The van der Waals surface area contributed by atoms with Crippen molar-refractivity contribution in [1.29, 1.82) is 0 Å². The SMILES string of the molecule is CNCC1C(C)C1(C)Cl. The summed E-state index contributed by atoms with van der Waals surface area (Å²) in [5.74, 6) is 1.37. The third-order valence-electron chi connectivity index (χ3n) is 2.53. The van der Waals surface area contributed by atoms with Gasteiger partial charge < -0.3 is 5.32 Å². The van der Waals surface area contributed by atoms with Gasteiger partial charge >= 0.3 is 0 Å². The molecule has 1 fully saturated rings. The lowest BCUT2D eigenvalue weighted by molar-refractivity contribution is 0.663. The molecule has 2 heteroatoms. The van der Waals surface area contributed by atoms with Crippen molar-refractivity contribution in [3.8, 4) is 0 Å². The predicted molar refractivity (Wildman–Crippen MR) is 40.8 cm³/mol. The van der Waals surface area contributed by atoms with Crippen LogP contribution in [0, 0.1) is 11.8 Å². The van der Waals surface area contributed by atoms with Gasteiger partial charge in [-0.3, -0.25) is 0 Å². The Morgan fingerprint density at radius 1 is 1.67 bits per heavy atom. The maximum absolute atomic E-state index is 6.10. The number of halogens is 1. The van der Waals surface area contributed by atoms with Gasteiger partial charge in [0.2, 0.25) is 0 Å². The van der Waals surface area contributed by atoms with Crippen molar-refractivity contribution < 1.29 is 0 Å². The molecule has 0 saturated heterocycles. The lowest BCUT2D eigenvalue weighted by atomic mass is 10.3. The first-order chi connectivity index (χ1) is 4.10. The summed E-state index contributed by atoms with van der Waals surface area (Å²) in [6.07, 6.45) is 0. The van der Waals surface area contributed by atoms with Crippen LogP contribution in [0.15, 0.2) is 0 Å². The van der Waals surface area contributed by atoms with E-state index in [2.05, 4.69) is 19.2 Å². The molecule has 0 bridgehead atoms. The minimum absolute atomic E-state index is 0.0863. The fourth-order valence-corrected chi connectivity index (χ4v) is 1.74. The van der Waals surface area contributed by atoms with Crippen molar-refractivity contribution in [3.63, 3.8) is 0 Å². The number of hydrogen-bond donors (Lipinski definition) is 1. The standard InChI is InChI=1S/C7H14ClN/c1-5-6(4-9-3)7(5,2)8/h5-6,9H,4H2,1-3H3. The Morgan fingerprint density at radius 2 is 2.11 bits per heavy atom. The van der Waals surface area contributed by atoms with Gasteiger partial charge in [0.15, 0.2) is 0 Å². The van der Waals surface area contributed by atoms with Gasteiger partial charge in [-0.25, -0.2) is 0 Å². The van der Waals surface area contributed by atoms with Crippen LogP contribution in [0.3, 0.4) is 0 Å². The number of hydrogen-bond acceptors (Lipinski definition) is 1. The molecule has 0 aliphatic heterocycles. The van der Waals surface area contributed by atoms with Gasteiger partial charge in [0.25, 0.3) is 0 Å². The first-order valence-electron chi connectivity index (χ1n) is 3.44. The molecule has 1 aliphatic carbocycles. The van der Waals surface area contributed by atoms with Gasteiger partial charge in [-0.05, 0) is 32.4 Å². The molecule has 0 amide bonds. The second-order valence-electron chi connectivity index (χ2n) is 3.10. The summed E-state index contributed by atoms with van der Waals surface area (Å²) in [6, 6.07) is 0. The highest BCUT2D eigenvalue weighted by molar-refractivity contribution is 6.26. The topological polar surface area (TPSA) is 12.0 Å². The van der Waals surface area contributed by atoms with Crippen molar-refractivity contribution in [3.05, 3.63) is 0 Å². The fraction of sp³-hybridized carbons (Fsp3) is 1.00. The lowest BCUT2D eigenvalue weighted by Gasteiger charge is -1.97. The molecule has 0 radical (unpaired) electrons. The van der Waals surface area contributed by atoms with E-state index < -0.39 is 0 Å². The van der Waals surface area contributed by atoms with E-state index in [1.54, 1.807) is 0 Å². The minimum Gasteiger partial charge on any atom is -0.319 e. The number of alkyl halides is 1. The molecule has 1 saturated carbocycles. The van der Waals surface area contributed by atoms with Crippen LogP contribution in [0.5, 0.6) is 0 Å². The Labute approximate surface area is 61.8 Å². The first kappa shape index (κ1) is 7.36. The summed E-state index contributed by atoms with van der Waals surface area (Å²) < 4.78 is 0. The van der Waals surface area contributed by atoms with Crippen molar-refractivity contribution in [2.24, 2.45) is 11.8 Å². The fourth-order valence-electron chi connectivity index (χ4n) is 1.39. The van der Waals surface area contributed by atoms with Crippen LogP contribution < -0.4 is 5.32 Å². The number of rotatable bonds is 2. The zero-order chi connectivity index (χ0) is 7.07. The second kappa shape index (κ2) is 2.14. The van der Waals surface area contributed by atoms with Gasteiger partial charge in [0.05, 0.1) is 0 Å². The Balaban J connectivity index is 2.33. The summed E-state index contributed by atoms with van der Waals surface area (Å²) in [4.78, 5) is 0.0863. The van der Waals surface area contributed by atoms with E-state index in [1.807, 2.05) is 7.05 Å². The van der Waals surface area contributed by atoms with Gasteiger partial charge in [-0.15, -0.1) is 11.6 Å². The molecule has 3 atom stereocenters. The predicted octanol–water partition coefficient (Wildman–Crippen LogP) is 1.47. The zero-order valence-electron chi connectivity index (χ0n) is 6.24. The van der Waals surface area contributed by atoms with Crippen LogP contribution in [0.25, 0.3) is 0 Å². The van der Waals surface area contributed by atoms with Crippen molar-refractivity contribution in [2.75, 3.05) is 13.6 Å². The summed E-state index contributed by atoms with van der Waals surface area (Å²) >= 11 is 6.10. The highest BCUT2D eigenvalue weighted by atomic mass is 35.5. The van der Waals surface area contributed by atoms with Gasteiger partial charge in [0, 0.05) is 4.87 Å². The molecule has 0 aromatic rings. The van der Waals surface area contributed by atoms with Crippen molar-refractivity contribution in [2.45, 2.75) is 18.7 Å². The van der Waals surface area contributed by atoms with E-state index in [1.165, 1.54) is 0 Å². The molecule has 1 N–H and O–H groups in total. The van der Waals surface area contributed by atoms with Gasteiger partial charge in [-0.1, -0.05) is 6.92 Å². The molecule has 54 valence electrons. The molecule has 3 unspecified atom stereocenters. The van der Waals surface area contributed by atoms with Crippen molar-refractivity contribution >= 4 is 11.6 Å². The quantitative estimate of drug-likeness (QED) is 0.584. The van der Waals surface area contributed by atoms with Crippen LogP contribution in [0.4, 0.5) is 0 Å². The van der Waals surface area contributed by atoms with Crippen molar-refractivity contribution in [1.82, 2.24) is 5.32 Å². The highest BCUT2D eigenvalue weighted by Gasteiger charge is 2.56. The molecule has 1 aliphatic rings. The Morgan fingerprint density at radius 3 is 2.22 bits per heavy atom. The molecule has 1 rings (SSSR count). The maximum atomic E-state index is 6.10. The van der Waals surface area contributed by atoms with Crippen LogP contribution in [-0.2, 0) is 0 Å². The van der Waals surface area contributed by atoms with E-state index in [4.69, 9.17) is 11.6 Å². The minimum atomic E-state index is 0.0863. The summed E-state index contributed by atoms with van der Waals surface area (Å²) in [5.41, 5.74) is 0. The van der Waals surface area contributed by atoms with Gasteiger partial charge in [0.1, 0.15) is 0 Å². The monoisotopic (exact) mass is 147 g/mol. The third kappa shape index (κ3) is 1.08. The summed E-state index contributed by atoms with van der Waals surface area (Å²) in [6.45, 7) is 5.37. The normalized spacial score (nSPS) is 49.3. The largest absolute Gasteiger partial charge is 0.319 e. The zero-order valence-corrected chi connectivity index (χ0v) is 7.00. The smallest absolute Gasteiger partial charge is 0.0491 e.